The number of hydrogen-bond donors (Lipinski definition) is 0. The summed E-state index contributed by atoms with van der Waals surface area (Å²) in [5.74, 6) is 1.32. The molecule has 0 atom stereocenters. The molecule has 2 nitrogen and oxygen atoms in total. The molecule has 21 heavy (non-hydrogen) atoms. The topological polar surface area (TPSA) is 22.0 Å². The first-order chi connectivity index (χ1) is 10.0. The fraction of sp³-hybridized carbons (Fsp3) is 0.188. The quantitative estimate of drug-likeness (QED) is 0.539. The Morgan fingerprint density at radius 2 is 1.67 bits per heavy atom. The maximum absolute atomic E-state index is 13.1. The third kappa shape index (κ3) is 2.57. The zero-order valence-corrected chi connectivity index (χ0v) is 10.9. The number of aryl methyl sites for hydroxylation is 1. The summed E-state index contributed by atoms with van der Waals surface area (Å²) in [6.45, 7) is 0.753. The van der Waals surface area contributed by atoms with E-state index in [0.717, 1.165) is 25.1 Å². The number of rotatable bonds is 0. The first kappa shape index (κ1) is 13.5. The maximum atomic E-state index is 13.1. The molecule has 0 unspecified atom stereocenters. The third-order valence-corrected chi connectivity index (χ3v) is 3.32. The second kappa shape index (κ2) is 5.13. The lowest BCUT2D eigenvalue weighted by molar-refractivity contribution is 0.0955. The van der Waals surface area contributed by atoms with Gasteiger partial charge < -0.3 is 4.57 Å². The Hall–Kier alpha value is -2.48. The highest BCUT2D eigenvalue weighted by Gasteiger charge is 2.17. The minimum absolute atomic E-state index is 0.0434. The van der Waals surface area contributed by atoms with Crippen molar-refractivity contribution >= 4 is 5.78 Å². The molecule has 0 fully saturated rings. The Morgan fingerprint density at radius 3 is 2.33 bits per heavy atom. The number of aromatic nitrogens is 1. The molecule has 1 aromatic carbocycles. The van der Waals surface area contributed by atoms with E-state index in [1.807, 2.05) is 4.57 Å². The summed E-state index contributed by atoms with van der Waals surface area (Å²) in [6.07, 6.45) is 3.04. The van der Waals surface area contributed by atoms with Crippen molar-refractivity contribution in [1.29, 1.82) is 0 Å². The lowest BCUT2D eigenvalue weighted by Crippen LogP contribution is -2.14. The molecule has 3 rings (SSSR count). The monoisotopic (exact) mass is 289 g/mol. The van der Waals surface area contributed by atoms with Crippen LogP contribution in [0.1, 0.15) is 34.5 Å². The number of benzene rings is 1. The van der Waals surface area contributed by atoms with Crippen molar-refractivity contribution < 1.29 is 18.0 Å². The van der Waals surface area contributed by atoms with Crippen LogP contribution in [0.15, 0.2) is 24.4 Å². The van der Waals surface area contributed by atoms with Crippen LogP contribution < -0.4 is 0 Å². The van der Waals surface area contributed by atoms with Crippen LogP contribution in [0.3, 0.4) is 0 Å². The van der Waals surface area contributed by atoms with E-state index in [9.17, 15) is 18.0 Å². The van der Waals surface area contributed by atoms with Crippen molar-refractivity contribution in [2.24, 2.45) is 0 Å². The van der Waals surface area contributed by atoms with Crippen LogP contribution >= 0.6 is 0 Å². The molecular formula is C16H10F3NO. The number of carbonyl (C=O) groups is 1. The van der Waals surface area contributed by atoms with Crippen molar-refractivity contribution in [3.63, 3.8) is 0 Å². The highest BCUT2D eigenvalue weighted by molar-refractivity contribution is 5.95. The predicted molar refractivity (Wildman–Crippen MR) is 70.3 cm³/mol. The van der Waals surface area contributed by atoms with Gasteiger partial charge in [-0.3, -0.25) is 4.79 Å². The smallest absolute Gasteiger partial charge is 0.194 e. The molecule has 0 N–H and O–H groups in total. The van der Waals surface area contributed by atoms with Crippen LogP contribution in [0.4, 0.5) is 13.2 Å². The van der Waals surface area contributed by atoms with Crippen LogP contribution in [0.25, 0.3) is 0 Å². The third-order valence-electron chi connectivity index (χ3n) is 3.32. The molecule has 2 aromatic rings. The van der Waals surface area contributed by atoms with Crippen LogP contribution in [-0.2, 0) is 6.54 Å². The Labute approximate surface area is 119 Å². The number of halogens is 3. The van der Waals surface area contributed by atoms with Gasteiger partial charge in [-0.2, -0.15) is 0 Å². The standard InChI is InChI=1S/C16H10F3NO/c17-12-6-10(7-13(18)16(12)19)3-4-11-8-14-15(21)2-1-5-20(14)9-11/h6-9H,1-2,5H2. The van der Waals surface area contributed by atoms with E-state index in [4.69, 9.17) is 0 Å². The average molecular weight is 289 g/mol. The molecule has 2 heterocycles. The largest absolute Gasteiger partial charge is 0.344 e. The Kier molecular flexibility index (Phi) is 3.30. The van der Waals surface area contributed by atoms with Crippen LogP contribution in [0.5, 0.6) is 0 Å². The summed E-state index contributed by atoms with van der Waals surface area (Å²) in [5.41, 5.74) is 1.23. The minimum atomic E-state index is -1.51. The molecule has 0 amide bonds. The molecule has 0 spiro atoms. The average Bonchev–Trinajstić information content (AvgIpc) is 2.87. The van der Waals surface area contributed by atoms with Gasteiger partial charge in [-0.05, 0) is 24.6 Å². The molecule has 0 bridgehead atoms. The fourth-order valence-corrected chi connectivity index (χ4v) is 2.31. The Bertz CT molecular complexity index is 773. The van der Waals surface area contributed by atoms with Gasteiger partial charge in [0, 0.05) is 30.3 Å². The van der Waals surface area contributed by atoms with E-state index in [1.165, 1.54) is 0 Å². The predicted octanol–water partition coefficient (Wildman–Crippen LogP) is 3.28. The molecule has 5 heteroatoms. The van der Waals surface area contributed by atoms with E-state index < -0.39 is 17.5 Å². The van der Waals surface area contributed by atoms with Gasteiger partial charge in [0.25, 0.3) is 0 Å². The number of hydrogen-bond acceptors (Lipinski definition) is 1. The molecule has 106 valence electrons. The van der Waals surface area contributed by atoms with Crippen LogP contribution in [-0.4, -0.2) is 10.4 Å². The SMILES string of the molecule is O=C1CCCn2cc(C#Cc3cc(F)c(F)c(F)c3)cc21. The molecule has 1 aliphatic rings. The van der Waals surface area contributed by atoms with Crippen molar-refractivity contribution in [3.05, 3.63) is 58.7 Å². The molecular weight excluding hydrogens is 279 g/mol. The van der Waals surface area contributed by atoms with Gasteiger partial charge in [0.15, 0.2) is 23.2 Å². The molecule has 0 saturated carbocycles. The van der Waals surface area contributed by atoms with Gasteiger partial charge in [-0.15, -0.1) is 0 Å². The van der Waals surface area contributed by atoms with Crippen molar-refractivity contribution in [3.8, 4) is 11.8 Å². The summed E-state index contributed by atoms with van der Waals surface area (Å²) < 4.78 is 40.8. The first-order valence-electron chi connectivity index (χ1n) is 6.44. The van der Waals surface area contributed by atoms with Crippen LogP contribution in [0.2, 0.25) is 0 Å². The second-order valence-corrected chi connectivity index (χ2v) is 4.84. The van der Waals surface area contributed by atoms with E-state index in [0.29, 0.717) is 17.7 Å². The fourth-order valence-electron chi connectivity index (χ4n) is 2.31. The zero-order chi connectivity index (χ0) is 15.0. The van der Waals surface area contributed by atoms with E-state index in [2.05, 4.69) is 11.8 Å². The maximum Gasteiger partial charge on any atom is 0.194 e. The number of carbonyl (C=O) groups excluding carboxylic acids is 1. The van der Waals surface area contributed by atoms with Gasteiger partial charge in [-0.1, -0.05) is 11.8 Å². The summed E-state index contributed by atoms with van der Waals surface area (Å²) in [4.78, 5) is 11.7. The lowest BCUT2D eigenvalue weighted by atomic mass is 10.1. The lowest BCUT2D eigenvalue weighted by Gasteiger charge is -2.12. The van der Waals surface area contributed by atoms with E-state index in [-0.39, 0.29) is 11.3 Å². The molecule has 0 saturated heterocycles. The number of ketones is 1. The van der Waals surface area contributed by atoms with Gasteiger partial charge in [0.05, 0.1) is 5.69 Å². The van der Waals surface area contributed by atoms with E-state index in [1.54, 1.807) is 12.3 Å². The summed E-state index contributed by atoms with van der Waals surface area (Å²) >= 11 is 0. The molecule has 1 aromatic heterocycles. The molecule has 1 aliphatic heterocycles. The van der Waals surface area contributed by atoms with Gasteiger partial charge in [-0.25, -0.2) is 13.2 Å². The van der Waals surface area contributed by atoms with Crippen molar-refractivity contribution in [2.75, 3.05) is 0 Å². The summed E-state index contributed by atoms with van der Waals surface area (Å²) in [5, 5.41) is 0. The number of nitrogens with zero attached hydrogens (tertiary/aromatic N) is 1. The van der Waals surface area contributed by atoms with Crippen molar-refractivity contribution in [1.82, 2.24) is 4.57 Å². The Morgan fingerprint density at radius 1 is 1.00 bits per heavy atom. The highest BCUT2D eigenvalue weighted by Crippen LogP contribution is 2.18. The number of Topliss-reactive ketones (excluding diaryl/α,β-unsaturated/α-hetero) is 1. The number of fused-ring (bicyclic) bond motifs is 1. The second-order valence-electron chi connectivity index (χ2n) is 4.84. The summed E-state index contributed by atoms with van der Waals surface area (Å²) in [7, 11) is 0. The van der Waals surface area contributed by atoms with Gasteiger partial charge >= 0.3 is 0 Å². The van der Waals surface area contributed by atoms with Crippen LogP contribution in [0, 0.1) is 29.3 Å². The van der Waals surface area contributed by atoms with Gasteiger partial charge in [0.1, 0.15) is 0 Å². The Balaban J connectivity index is 1.93. The van der Waals surface area contributed by atoms with E-state index >= 15 is 0 Å². The normalized spacial score (nSPS) is 13.6. The molecule has 0 aliphatic carbocycles. The molecule has 0 radical (unpaired) electrons. The minimum Gasteiger partial charge on any atom is -0.344 e. The van der Waals surface area contributed by atoms with Crippen molar-refractivity contribution in [2.45, 2.75) is 19.4 Å². The van der Waals surface area contributed by atoms with Gasteiger partial charge in [0.2, 0.25) is 0 Å². The summed E-state index contributed by atoms with van der Waals surface area (Å²) in [6, 6.07) is 3.34. The highest BCUT2D eigenvalue weighted by atomic mass is 19.2. The first-order valence-corrected chi connectivity index (χ1v) is 6.44. The zero-order valence-electron chi connectivity index (χ0n) is 10.9.